The lowest BCUT2D eigenvalue weighted by Gasteiger charge is -1.81. The van der Waals surface area contributed by atoms with Gasteiger partial charge in [-0.1, -0.05) is 60.7 Å². The lowest BCUT2D eigenvalue weighted by molar-refractivity contribution is 0.111. The number of benzene rings is 2. The predicted molar refractivity (Wildman–Crippen MR) is 88.6 cm³/mol. The van der Waals surface area contributed by atoms with Gasteiger partial charge in [0, 0.05) is 11.1 Å². The first-order valence-electron chi connectivity index (χ1n) is 6.17. The van der Waals surface area contributed by atoms with E-state index in [-0.39, 0.29) is 5.48 Å². The summed E-state index contributed by atoms with van der Waals surface area (Å²) < 4.78 is 0. The third-order valence-corrected chi connectivity index (χ3v) is 1.87. The molecule has 2 aromatic rings. The summed E-state index contributed by atoms with van der Waals surface area (Å²) in [5, 5.41) is 27.9. The van der Waals surface area contributed by atoms with Gasteiger partial charge in [-0.3, -0.25) is 9.59 Å². The first-order valence-corrected chi connectivity index (χ1v) is 6.17. The summed E-state index contributed by atoms with van der Waals surface area (Å²) in [6.45, 7) is 0. The zero-order chi connectivity index (χ0) is 18.8. The van der Waals surface area contributed by atoms with Crippen LogP contribution in [0.25, 0.3) is 0 Å². The molecule has 25 heavy (non-hydrogen) atoms. The van der Waals surface area contributed by atoms with Crippen molar-refractivity contribution >= 4 is 24.9 Å². The highest BCUT2D eigenvalue weighted by molar-refractivity contribution is 5.74. The Labute approximate surface area is 142 Å². The number of carbonyl (C=O) groups excluding carboxylic acids is 2. The lowest BCUT2D eigenvalue weighted by Crippen LogP contribution is -1.81. The highest BCUT2D eigenvalue weighted by Crippen LogP contribution is 1.92. The molecule has 0 radical (unpaired) electrons. The lowest BCUT2D eigenvalue weighted by atomic mass is 10.2. The van der Waals surface area contributed by atoms with Crippen molar-refractivity contribution in [3.8, 4) is 0 Å². The van der Waals surface area contributed by atoms with Crippen LogP contribution >= 0.6 is 0 Å². The summed E-state index contributed by atoms with van der Waals surface area (Å²) in [5.74, 6) is 0. The van der Waals surface area contributed by atoms with Crippen molar-refractivity contribution in [1.82, 2.24) is 0 Å². The average Bonchev–Trinajstić information content (AvgIpc) is 2.56. The van der Waals surface area contributed by atoms with Gasteiger partial charge in [0.05, 0.1) is 0 Å². The summed E-state index contributed by atoms with van der Waals surface area (Å²) in [5.41, 5.74) is 1.46. The Hall–Kier alpha value is -3.72. The van der Waals surface area contributed by atoms with Crippen LogP contribution in [0.5, 0.6) is 0 Å². The molecule has 136 valence electrons. The van der Waals surface area contributed by atoms with Gasteiger partial charge in [0.1, 0.15) is 12.6 Å². The number of carboxylic acid groups (broad SMARTS) is 4. The molecule has 0 atom stereocenters. The number of hydrogen-bond donors (Lipinski definition) is 4. The Bertz CT molecular complexity index is 534. The third kappa shape index (κ3) is 25.6. The molecule has 0 saturated carbocycles. The quantitative estimate of drug-likeness (QED) is 0.593. The highest BCUT2D eigenvalue weighted by atomic mass is 16.6. The molecule has 0 aliphatic rings. The maximum Gasteiger partial charge on any atom is 0.503 e. The fraction of sp³-hybridized carbons (Fsp3) is 0. The topological polar surface area (TPSA) is 181 Å². The van der Waals surface area contributed by atoms with E-state index in [1.54, 1.807) is 24.3 Å². The molecule has 0 spiro atoms. The molecule has 0 amide bonds. The van der Waals surface area contributed by atoms with Crippen LogP contribution in [-0.4, -0.2) is 50.8 Å². The van der Waals surface area contributed by atoms with Gasteiger partial charge in [0.25, 0.3) is 0 Å². The van der Waals surface area contributed by atoms with Gasteiger partial charge in [-0.05, 0) is 0 Å². The maximum atomic E-state index is 10.0. The number of hydrogen-bond acceptors (Lipinski definition) is 4. The van der Waals surface area contributed by atoms with Gasteiger partial charge in [-0.15, -0.1) is 0 Å². The summed E-state index contributed by atoms with van der Waals surface area (Å²) in [6.07, 6.45) is -2.00. The van der Waals surface area contributed by atoms with Crippen molar-refractivity contribution in [3.63, 3.8) is 0 Å². The molecule has 0 heterocycles. The van der Waals surface area contributed by atoms with E-state index >= 15 is 0 Å². The molecule has 2 rings (SSSR count). The Morgan fingerprint density at radius 1 is 0.600 bits per heavy atom. The van der Waals surface area contributed by atoms with Gasteiger partial charge in [-0.25, -0.2) is 9.59 Å². The highest BCUT2D eigenvalue weighted by Gasteiger charge is 1.80. The zero-order valence-electron chi connectivity index (χ0n) is 12.9. The van der Waals surface area contributed by atoms with Gasteiger partial charge >= 0.3 is 12.3 Å². The smallest absolute Gasteiger partial charge is 0.450 e. The van der Waals surface area contributed by atoms with E-state index in [2.05, 4.69) is 0 Å². The Balaban J connectivity index is -0.000000270. The van der Waals surface area contributed by atoms with Crippen LogP contribution < -0.4 is 0 Å². The molecule has 2 aromatic carbocycles. The van der Waals surface area contributed by atoms with E-state index in [1.807, 2.05) is 36.4 Å². The normalized spacial score (nSPS) is 7.36. The van der Waals surface area contributed by atoms with E-state index < -0.39 is 12.3 Å². The zero-order valence-corrected chi connectivity index (χ0v) is 12.9. The second-order valence-electron chi connectivity index (χ2n) is 3.62. The molecule has 0 aromatic heterocycles. The Morgan fingerprint density at radius 2 is 0.800 bits per heavy atom. The molecule has 9 nitrogen and oxygen atoms in total. The molecule has 0 bridgehead atoms. The van der Waals surface area contributed by atoms with E-state index in [1.165, 1.54) is 0 Å². The largest absolute Gasteiger partial charge is 0.503 e. The average molecular weight is 354 g/mol. The SMILES string of the molecule is O.O=C(O)O.O=C(O)O.O=Cc1ccccc1.O=Cc1ccccc1. The first-order chi connectivity index (χ1) is 11.3. The first kappa shape index (κ1) is 26.2. The summed E-state index contributed by atoms with van der Waals surface area (Å²) in [4.78, 5) is 37.1. The third-order valence-electron chi connectivity index (χ3n) is 1.87. The summed E-state index contributed by atoms with van der Waals surface area (Å²) >= 11 is 0. The van der Waals surface area contributed by atoms with Crippen LogP contribution in [0.4, 0.5) is 9.59 Å². The maximum absolute atomic E-state index is 10.0. The Kier molecular flexibility index (Phi) is 19.2. The minimum Gasteiger partial charge on any atom is -0.450 e. The number of aldehydes is 2. The molecular formula is C16H18O9. The van der Waals surface area contributed by atoms with Crippen LogP contribution in [0.15, 0.2) is 60.7 Å². The molecule has 0 saturated heterocycles. The van der Waals surface area contributed by atoms with E-state index in [0.717, 1.165) is 23.7 Å². The molecular weight excluding hydrogens is 336 g/mol. The predicted octanol–water partition coefficient (Wildman–Crippen LogP) is 2.62. The van der Waals surface area contributed by atoms with Gasteiger partial charge in [0.15, 0.2) is 0 Å². The van der Waals surface area contributed by atoms with E-state index in [0.29, 0.717) is 0 Å². The van der Waals surface area contributed by atoms with Crippen LogP contribution in [0.3, 0.4) is 0 Å². The van der Waals surface area contributed by atoms with Gasteiger partial charge in [0.2, 0.25) is 0 Å². The van der Waals surface area contributed by atoms with E-state index in [9.17, 15) is 9.59 Å². The van der Waals surface area contributed by atoms with Crippen molar-refractivity contribution in [2.75, 3.05) is 0 Å². The van der Waals surface area contributed by atoms with E-state index in [4.69, 9.17) is 30.0 Å². The van der Waals surface area contributed by atoms with Gasteiger partial charge < -0.3 is 25.9 Å². The second-order valence-corrected chi connectivity index (χ2v) is 3.62. The molecule has 0 fully saturated rings. The fourth-order valence-electron chi connectivity index (χ4n) is 1.06. The van der Waals surface area contributed by atoms with Crippen LogP contribution in [0.1, 0.15) is 20.7 Å². The minimum atomic E-state index is -1.83. The van der Waals surface area contributed by atoms with Gasteiger partial charge in [-0.2, -0.15) is 0 Å². The van der Waals surface area contributed by atoms with Crippen LogP contribution in [-0.2, 0) is 0 Å². The summed E-state index contributed by atoms with van der Waals surface area (Å²) in [6, 6.07) is 18.2. The monoisotopic (exact) mass is 354 g/mol. The minimum absolute atomic E-state index is 0. The van der Waals surface area contributed by atoms with Crippen molar-refractivity contribution in [3.05, 3.63) is 71.8 Å². The summed E-state index contributed by atoms with van der Waals surface area (Å²) in [7, 11) is 0. The van der Waals surface area contributed by atoms with Crippen molar-refractivity contribution in [2.24, 2.45) is 0 Å². The molecule has 0 aliphatic heterocycles. The standard InChI is InChI=1S/2C7H6O.2CH2O3.H2O/c2*8-6-7-4-2-1-3-5-7;2*2-1(3)4;/h2*1-6H;2*(H2,2,3,4);1H2. The second kappa shape index (κ2) is 18.3. The Morgan fingerprint density at radius 3 is 0.920 bits per heavy atom. The number of carbonyl (C=O) groups is 4. The number of rotatable bonds is 2. The van der Waals surface area contributed by atoms with Crippen molar-refractivity contribution < 1.29 is 45.1 Å². The molecule has 0 unspecified atom stereocenters. The van der Waals surface area contributed by atoms with Crippen molar-refractivity contribution in [2.45, 2.75) is 0 Å². The molecule has 9 heteroatoms. The molecule has 0 aliphatic carbocycles. The molecule has 6 N–H and O–H groups in total. The van der Waals surface area contributed by atoms with Crippen molar-refractivity contribution in [1.29, 1.82) is 0 Å². The van der Waals surface area contributed by atoms with Crippen LogP contribution in [0.2, 0.25) is 0 Å². The van der Waals surface area contributed by atoms with Crippen LogP contribution in [0, 0.1) is 0 Å². The fourth-order valence-corrected chi connectivity index (χ4v) is 1.06.